The SMILES string of the molecule is CN1CC=C(c2cn(S(=O)(=O)c3ccc(Cl)cc3)c3ccc(F)cc23)CC1. The van der Waals surface area contributed by atoms with Crippen molar-refractivity contribution in [3.8, 4) is 0 Å². The van der Waals surface area contributed by atoms with Crippen LogP contribution in [-0.4, -0.2) is 37.4 Å². The Morgan fingerprint density at radius 3 is 2.52 bits per heavy atom. The summed E-state index contributed by atoms with van der Waals surface area (Å²) in [4.78, 5) is 2.31. The van der Waals surface area contributed by atoms with E-state index in [1.807, 2.05) is 7.05 Å². The molecule has 140 valence electrons. The summed E-state index contributed by atoms with van der Waals surface area (Å²) in [5, 5.41) is 1.06. The molecular formula is C20H18ClFN2O2S. The van der Waals surface area contributed by atoms with Crippen molar-refractivity contribution in [3.05, 3.63) is 71.1 Å². The van der Waals surface area contributed by atoms with Crippen molar-refractivity contribution in [2.75, 3.05) is 20.1 Å². The van der Waals surface area contributed by atoms with Gasteiger partial charge in [0.1, 0.15) is 5.82 Å². The Bertz CT molecular complexity index is 1150. The van der Waals surface area contributed by atoms with Gasteiger partial charge in [-0.2, -0.15) is 0 Å². The molecule has 27 heavy (non-hydrogen) atoms. The van der Waals surface area contributed by atoms with Crippen LogP contribution in [0.4, 0.5) is 4.39 Å². The zero-order chi connectivity index (χ0) is 19.2. The van der Waals surface area contributed by atoms with Crippen LogP contribution in [0, 0.1) is 5.82 Å². The molecule has 0 atom stereocenters. The molecule has 0 fully saturated rings. The molecule has 1 aromatic heterocycles. The molecule has 0 N–H and O–H groups in total. The van der Waals surface area contributed by atoms with E-state index in [-0.39, 0.29) is 10.7 Å². The standard InChI is InChI=1S/C20H18ClFN2O2S/c1-23-10-8-14(9-11-23)19-13-24(20-7-4-16(22)12-18(19)20)27(25,26)17-5-2-15(21)3-6-17/h2-8,12-13H,9-11H2,1H3. The summed E-state index contributed by atoms with van der Waals surface area (Å²) in [6.45, 7) is 1.65. The molecule has 4 rings (SSSR count). The Kier molecular flexibility index (Phi) is 4.58. The van der Waals surface area contributed by atoms with E-state index in [1.165, 1.54) is 34.3 Å². The number of fused-ring (bicyclic) bond motifs is 1. The second-order valence-electron chi connectivity index (χ2n) is 6.70. The van der Waals surface area contributed by atoms with Gasteiger partial charge in [-0.1, -0.05) is 17.7 Å². The summed E-state index contributed by atoms with van der Waals surface area (Å²) in [6.07, 6.45) is 4.46. The van der Waals surface area contributed by atoms with E-state index in [9.17, 15) is 12.8 Å². The van der Waals surface area contributed by atoms with Crippen LogP contribution >= 0.6 is 11.6 Å². The molecule has 0 saturated heterocycles. The van der Waals surface area contributed by atoms with Crippen molar-refractivity contribution in [3.63, 3.8) is 0 Å². The van der Waals surface area contributed by atoms with E-state index in [1.54, 1.807) is 18.3 Å². The molecule has 0 amide bonds. The number of hydrogen-bond acceptors (Lipinski definition) is 3. The second-order valence-corrected chi connectivity index (χ2v) is 8.95. The summed E-state index contributed by atoms with van der Waals surface area (Å²) < 4.78 is 41.5. The van der Waals surface area contributed by atoms with Gasteiger partial charge in [0, 0.05) is 35.3 Å². The van der Waals surface area contributed by atoms with Gasteiger partial charge in [-0.15, -0.1) is 0 Å². The van der Waals surface area contributed by atoms with Crippen LogP contribution in [0.5, 0.6) is 0 Å². The minimum absolute atomic E-state index is 0.136. The molecular weight excluding hydrogens is 387 g/mol. The minimum atomic E-state index is -3.83. The van der Waals surface area contributed by atoms with E-state index < -0.39 is 10.0 Å². The van der Waals surface area contributed by atoms with Gasteiger partial charge in [-0.25, -0.2) is 16.8 Å². The summed E-state index contributed by atoms with van der Waals surface area (Å²) in [6, 6.07) is 10.2. The number of rotatable bonds is 3. The van der Waals surface area contributed by atoms with Crippen LogP contribution in [0.1, 0.15) is 12.0 Å². The lowest BCUT2D eigenvalue weighted by Crippen LogP contribution is -2.23. The van der Waals surface area contributed by atoms with Gasteiger partial charge >= 0.3 is 0 Å². The van der Waals surface area contributed by atoms with Crippen LogP contribution in [0.25, 0.3) is 16.5 Å². The van der Waals surface area contributed by atoms with Crippen molar-refractivity contribution in [2.24, 2.45) is 0 Å². The average molecular weight is 405 g/mol. The third-order valence-electron chi connectivity index (χ3n) is 4.86. The van der Waals surface area contributed by atoms with Gasteiger partial charge < -0.3 is 4.90 Å². The Hall–Kier alpha value is -2.15. The molecule has 0 aliphatic carbocycles. The Labute approximate surface area is 162 Å². The number of aromatic nitrogens is 1. The van der Waals surface area contributed by atoms with Crippen LogP contribution in [0.2, 0.25) is 5.02 Å². The monoisotopic (exact) mass is 404 g/mol. The summed E-state index contributed by atoms with van der Waals surface area (Å²) in [5.74, 6) is -0.390. The van der Waals surface area contributed by atoms with E-state index in [0.717, 1.165) is 30.6 Å². The first kappa shape index (κ1) is 18.2. The Morgan fingerprint density at radius 1 is 1.11 bits per heavy atom. The molecule has 7 heteroatoms. The molecule has 0 spiro atoms. The van der Waals surface area contributed by atoms with Gasteiger partial charge in [0.15, 0.2) is 0 Å². The maximum Gasteiger partial charge on any atom is 0.268 e. The number of hydrogen-bond donors (Lipinski definition) is 0. The molecule has 4 nitrogen and oxygen atoms in total. The third kappa shape index (κ3) is 3.29. The molecule has 0 bridgehead atoms. The maximum atomic E-state index is 13.9. The first-order valence-electron chi connectivity index (χ1n) is 8.56. The van der Waals surface area contributed by atoms with Crippen molar-refractivity contribution < 1.29 is 12.8 Å². The minimum Gasteiger partial charge on any atom is -0.302 e. The number of halogens is 2. The zero-order valence-corrected chi connectivity index (χ0v) is 16.3. The number of benzene rings is 2. The fourth-order valence-electron chi connectivity index (χ4n) is 3.36. The molecule has 0 unspecified atom stereocenters. The molecule has 1 aliphatic heterocycles. The van der Waals surface area contributed by atoms with Crippen LogP contribution < -0.4 is 0 Å². The highest BCUT2D eigenvalue weighted by atomic mass is 35.5. The van der Waals surface area contributed by atoms with Crippen LogP contribution in [-0.2, 0) is 10.0 Å². The lowest BCUT2D eigenvalue weighted by molar-refractivity contribution is 0.370. The molecule has 1 aliphatic rings. The Balaban J connectivity index is 1.93. The molecule has 3 aromatic rings. The van der Waals surface area contributed by atoms with Gasteiger partial charge in [0.05, 0.1) is 10.4 Å². The molecule has 2 aromatic carbocycles. The predicted molar refractivity (Wildman–Crippen MR) is 106 cm³/mol. The highest BCUT2D eigenvalue weighted by molar-refractivity contribution is 7.90. The highest BCUT2D eigenvalue weighted by Gasteiger charge is 2.23. The fraction of sp³-hybridized carbons (Fsp3) is 0.200. The fourth-order valence-corrected chi connectivity index (χ4v) is 4.86. The predicted octanol–water partition coefficient (Wildman–Crippen LogP) is 4.39. The summed E-state index contributed by atoms with van der Waals surface area (Å²) in [5.41, 5.74) is 2.25. The summed E-state index contributed by atoms with van der Waals surface area (Å²) >= 11 is 5.88. The van der Waals surface area contributed by atoms with Gasteiger partial charge in [-0.3, -0.25) is 0 Å². The summed E-state index contributed by atoms with van der Waals surface area (Å²) in [7, 11) is -1.80. The van der Waals surface area contributed by atoms with Gasteiger partial charge in [-0.05, 0) is 61.5 Å². The lowest BCUT2D eigenvalue weighted by atomic mass is 9.99. The molecule has 0 radical (unpaired) electrons. The smallest absolute Gasteiger partial charge is 0.268 e. The average Bonchev–Trinajstić information content (AvgIpc) is 3.02. The topological polar surface area (TPSA) is 42.3 Å². The van der Waals surface area contributed by atoms with E-state index in [0.29, 0.717) is 15.9 Å². The van der Waals surface area contributed by atoms with Crippen LogP contribution in [0.3, 0.4) is 0 Å². The maximum absolute atomic E-state index is 13.9. The van der Waals surface area contributed by atoms with E-state index >= 15 is 0 Å². The van der Waals surface area contributed by atoms with Crippen LogP contribution in [0.15, 0.2) is 59.6 Å². The molecule has 0 saturated carbocycles. The van der Waals surface area contributed by atoms with E-state index in [2.05, 4.69) is 11.0 Å². The first-order valence-corrected chi connectivity index (χ1v) is 10.4. The Morgan fingerprint density at radius 2 is 1.85 bits per heavy atom. The van der Waals surface area contributed by atoms with Crippen molar-refractivity contribution in [1.29, 1.82) is 0 Å². The quantitative estimate of drug-likeness (QED) is 0.650. The second kappa shape index (κ2) is 6.78. The first-order chi connectivity index (χ1) is 12.9. The molecule has 2 heterocycles. The zero-order valence-electron chi connectivity index (χ0n) is 14.7. The van der Waals surface area contributed by atoms with E-state index in [4.69, 9.17) is 11.6 Å². The van der Waals surface area contributed by atoms with Crippen molar-refractivity contribution in [1.82, 2.24) is 8.87 Å². The third-order valence-corrected chi connectivity index (χ3v) is 6.80. The van der Waals surface area contributed by atoms with Crippen molar-refractivity contribution >= 4 is 38.1 Å². The van der Waals surface area contributed by atoms with Gasteiger partial charge in [0.25, 0.3) is 10.0 Å². The van der Waals surface area contributed by atoms with Crippen molar-refractivity contribution in [2.45, 2.75) is 11.3 Å². The normalized spacial score (nSPS) is 15.9. The highest BCUT2D eigenvalue weighted by Crippen LogP contribution is 2.33. The number of nitrogens with zero attached hydrogens (tertiary/aromatic N) is 2. The lowest BCUT2D eigenvalue weighted by Gasteiger charge is -2.21. The van der Waals surface area contributed by atoms with Gasteiger partial charge in [0.2, 0.25) is 0 Å². The number of likely N-dealkylation sites (N-methyl/N-ethyl adjacent to an activating group) is 1. The largest absolute Gasteiger partial charge is 0.302 e.